The van der Waals surface area contributed by atoms with Gasteiger partial charge in [-0.3, -0.25) is 4.79 Å². The molecule has 11 nitrogen and oxygen atoms in total. The van der Waals surface area contributed by atoms with Crippen LogP contribution in [0.2, 0.25) is 0 Å². The van der Waals surface area contributed by atoms with Gasteiger partial charge in [0.25, 0.3) is 0 Å². The van der Waals surface area contributed by atoms with Gasteiger partial charge >= 0.3 is 12.1 Å². The first-order valence-electron chi connectivity index (χ1n) is 16.8. The van der Waals surface area contributed by atoms with Crippen molar-refractivity contribution >= 4 is 30.5 Å². The number of fused-ring (bicyclic) bond motifs is 1. The second-order valence-electron chi connectivity index (χ2n) is 11.7. The van der Waals surface area contributed by atoms with Gasteiger partial charge in [-0.2, -0.15) is 0 Å². The number of cyclic esters (lactones) is 1. The van der Waals surface area contributed by atoms with Gasteiger partial charge in [0, 0.05) is 45.3 Å². The third kappa shape index (κ3) is 28.4. The van der Waals surface area contributed by atoms with Gasteiger partial charge in [-0.05, 0) is 97.3 Å². The number of ether oxygens (including phenoxy) is 4. The summed E-state index contributed by atoms with van der Waals surface area (Å²) in [5.74, 6) is 0.405. The van der Waals surface area contributed by atoms with Crippen molar-refractivity contribution in [2.75, 3.05) is 19.8 Å². The van der Waals surface area contributed by atoms with E-state index in [1.165, 1.54) is 19.3 Å². The van der Waals surface area contributed by atoms with Gasteiger partial charge in [0.15, 0.2) is 0 Å². The fourth-order valence-electron chi connectivity index (χ4n) is 4.85. The topological polar surface area (TPSA) is 166 Å². The largest absolute Gasteiger partial charge is 0.508 e. The van der Waals surface area contributed by atoms with Crippen LogP contribution in [0.5, 0.6) is 0 Å². The van der Waals surface area contributed by atoms with Gasteiger partial charge in [-0.25, -0.2) is 4.79 Å². The number of carbonyl (C=O) groups is 5. The minimum Gasteiger partial charge on any atom is -0.466 e. The molecule has 0 aromatic heterocycles. The summed E-state index contributed by atoms with van der Waals surface area (Å²) in [4.78, 5) is 50.9. The number of rotatable bonds is 12. The third-order valence-corrected chi connectivity index (χ3v) is 7.50. The molecule has 2 saturated heterocycles. The van der Waals surface area contributed by atoms with E-state index in [0.29, 0.717) is 57.5 Å². The van der Waals surface area contributed by atoms with Crippen LogP contribution in [0.3, 0.4) is 0 Å². The van der Waals surface area contributed by atoms with Crippen molar-refractivity contribution < 1.29 is 72.6 Å². The molecule has 0 radical (unpaired) electrons. The molecule has 4 unspecified atom stereocenters. The summed E-state index contributed by atoms with van der Waals surface area (Å²) in [6.07, 6.45) is 19.3. The van der Waals surface area contributed by atoms with Crippen molar-refractivity contribution in [1.29, 1.82) is 0 Å². The molecule has 4 aliphatic rings. The molecule has 2 aliphatic carbocycles. The SMILES string of the molecule is C=O.CC(=O)CCCCCO.CC(=O)CCCCCOC(=O)OC1CCCCC1O.O=C1CCCCCO1.[CH+]1CCCC2OC12.[Zn]. The van der Waals surface area contributed by atoms with Crippen molar-refractivity contribution in [3.8, 4) is 0 Å². The second-order valence-corrected chi connectivity index (χ2v) is 11.7. The Labute approximate surface area is 289 Å². The monoisotopic (exact) mass is 707 g/mol. The number of aliphatic hydroxyl groups excluding tert-OH is 2. The van der Waals surface area contributed by atoms with Crippen molar-refractivity contribution in [2.45, 2.75) is 160 Å². The van der Waals surface area contributed by atoms with E-state index >= 15 is 0 Å². The summed E-state index contributed by atoms with van der Waals surface area (Å²) >= 11 is 0. The fraction of sp³-hybridized carbons (Fsp3) is 0.824. The van der Waals surface area contributed by atoms with Crippen LogP contribution in [0.1, 0.15) is 136 Å². The molecule has 4 fully saturated rings. The van der Waals surface area contributed by atoms with E-state index in [9.17, 15) is 24.3 Å². The Hall–Kier alpha value is -1.88. The van der Waals surface area contributed by atoms with Crippen LogP contribution < -0.4 is 0 Å². The van der Waals surface area contributed by atoms with Crippen molar-refractivity contribution in [3.05, 3.63) is 6.42 Å². The fourth-order valence-corrected chi connectivity index (χ4v) is 4.85. The standard InChI is InChI=1S/C14H24O5.C7H14O2.C6H10O2.C6H9O.CH2O.Zn/c1-11(15)7-3-2-6-10-18-14(17)19-13-9-5-4-8-12(13)16;1-7(9)5-3-2-4-6-8;7-6-4-2-1-3-5-8-6;1-2-4-6-5(3-1)7-6;1-2;/h12-13,16H,2-10H2,1H3;8H,2-6H2,1H3;1-5H2;3,5-6H,1-2,4H2;1H2;/q;;;+1;;. The van der Waals surface area contributed by atoms with E-state index in [-0.39, 0.29) is 43.6 Å². The Morgan fingerprint density at radius 1 is 0.870 bits per heavy atom. The molecular weight excluding hydrogens is 650 g/mol. The maximum Gasteiger partial charge on any atom is 0.508 e. The minimum absolute atomic E-state index is 0. The van der Waals surface area contributed by atoms with Crippen molar-refractivity contribution in [1.82, 2.24) is 0 Å². The van der Waals surface area contributed by atoms with Crippen LogP contribution in [0.25, 0.3) is 0 Å². The molecule has 262 valence electrons. The Morgan fingerprint density at radius 3 is 2.09 bits per heavy atom. The molecule has 0 bridgehead atoms. The van der Waals surface area contributed by atoms with Gasteiger partial charge in [0.05, 0.1) is 25.7 Å². The first kappa shape index (κ1) is 46.2. The van der Waals surface area contributed by atoms with Gasteiger partial charge < -0.3 is 43.5 Å². The number of epoxide rings is 1. The molecule has 4 rings (SSSR count). The Bertz CT molecular complexity index is 775. The maximum absolute atomic E-state index is 11.4. The summed E-state index contributed by atoms with van der Waals surface area (Å²) < 4.78 is 20.0. The number of ketones is 2. The summed E-state index contributed by atoms with van der Waals surface area (Å²) in [7, 11) is 0. The number of hydrogen-bond donors (Lipinski definition) is 2. The number of Topliss-reactive ketones (excluding diaryl/α,β-unsaturated/α-hetero) is 2. The Balaban J connectivity index is 0. The minimum atomic E-state index is -0.697. The van der Waals surface area contributed by atoms with Crippen molar-refractivity contribution in [3.63, 3.8) is 0 Å². The molecule has 12 heteroatoms. The zero-order valence-corrected chi connectivity index (χ0v) is 31.4. The van der Waals surface area contributed by atoms with Gasteiger partial charge in [0.1, 0.15) is 37.0 Å². The average Bonchev–Trinajstić information content (AvgIpc) is 3.85. The van der Waals surface area contributed by atoms with E-state index in [2.05, 4.69) is 6.42 Å². The molecule has 2 aliphatic heterocycles. The zero-order chi connectivity index (χ0) is 33.7. The molecule has 0 amide bonds. The predicted molar refractivity (Wildman–Crippen MR) is 169 cm³/mol. The zero-order valence-electron chi connectivity index (χ0n) is 28.4. The molecule has 0 aromatic carbocycles. The number of aliphatic hydroxyl groups is 2. The molecule has 2 N–H and O–H groups in total. The van der Waals surface area contributed by atoms with Gasteiger partial charge in [-0.1, -0.05) is 12.8 Å². The van der Waals surface area contributed by atoms with Gasteiger partial charge in [0.2, 0.25) is 6.10 Å². The van der Waals surface area contributed by atoms with Gasteiger partial charge in [-0.15, -0.1) is 0 Å². The van der Waals surface area contributed by atoms with E-state index < -0.39 is 18.4 Å². The van der Waals surface area contributed by atoms with E-state index in [1.807, 2.05) is 6.79 Å². The summed E-state index contributed by atoms with van der Waals surface area (Å²) in [6.45, 7) is 6.36. The van der Waals surface area contributed by atoms with Crippen LogP contribution in [0.4, 0.5) is 4.79 Å². The third-order valence-electron chi connectivity index (χ3n) is 7.50. The number of carbonyl (C=O) groups excluding carboxylic acids is 5. The summed E-state index contributed by atoms with van der Waals surface area (Å²) in [5, 5.41) is 18.0. The molecular formula is C34H59O11Zn+. The van der Waals surface area contributed by atoms with E-state index in [0.717, 1.165) is 70.6 Å². The van der Waals surface area contributed by atoms with Crippen LogP contribution in [0, 0.1) is 6.42 Å². The van der Waals surface area contributed by atoms with Crippen LogP contribution in [-0.2, 0) is 57.6 Å². The summed E-state index contributed by atoms with van der Waals surface area (Å²) in [5.41, 5.74) is 0. The smallest absolute Gasteiger partial charge is 0.466 e. The first-order chi connectivity index (χ1) is 21.7. The number of hydrogen-bond acceptors (Lipinski definition) is 11. The maximum atomic E-state index is 11.4. The molecule has 0 aromatic rings. The van der Waals surface area contributed by atoms with Crippen LogP contribution in [0.15, 0.2) is 0 Å². The van der Waals surface area contributed by atoms with E-state index in [1.54, 1.807) is 13.8 Å². The Morgan fingerprint density at radius 2 is 1.52 bits per heavy atom. The second kappa shape index (κ2) is 31.7. The van der Waals surface area contributed by atoms with Crippen LogP contribution >= 0.6 is 0 Å². The molecule has 4 atom stereocenters. The normalized spacial score (nSPS) is 22.3. The van der Waals surface area contributed by atoms with Crippen molar-refractivity contribution in [2.24, 2.45) is 0 Å². The molecule has 46 heavy (non-hydrogen) atoms. The average molecular weight is 709 g/mol. The first-order valence-corrected chi connectivity index (χ1v) is 16.8. The van der Waals surface area contributed by atoms with E-state index in [4.69, 9.17) is 28.8 Å². The predicted octanol–water partition coefficient (Wildman–Crippen LogP) is 5.78. The Kier molecular flexibility index (Phi) is 31.9. The molecule has 2 saturated carbocycles. The molecule has 2 heterocycles. The van der Waals surface area contributed by atoms with Crippen LogP contribution in [-0.4, -0.2) is 84.9 Å². The molecule has 0 spiro atoms. The summed E-state index contributed by atoms with van der Waals surface area (Å²) in [6, 6.07) is 0. The number of unbranched alkanes of at least 4 members (excludes halogenated alkanes) is 4. The quantitative estimate of drug-likeness (QED) is 0.0830. The number of esters is 1.